The average Bonchev–Trinajstić information content (AvgIpc) is 2.38. The molecule has 114 valence electrons. The van der Waals surface area contributed by atoms with Crippen LogP contribution in [0.4, 0.5) is 0 Å². The van der Waals surface area contributed by atoms with Gasteiger partial charge in [-0.1, -0.05) is 31.5 Å². The number of rotatable bonds is 2. The molecule has 4 nitrogen and oxygen atoms in total. The SMILES string of the molecule is Cc1ccc(C)c(C(=O)N2CCCC(C)(C)C2C(=O)O)c1. The highest BCUT2D eigenvalue weighted by atomic mass is 16.4. The summed E-state index contributed by atoms with van der Waals surface area (Å²) in [6, 6.07) is 4.95. The molecule has 0 bridgehead atoms. The summed E-state index contributed by atoms with van der Waals surface area (Å²) in [7, 11) is 0. The van der Waals surface area contributed by atoms with E-state index >= 15 is 0 Å². The molecule has 0 spiro atoms. The van der Waals surface area contributed by atoms with Crippen LogP contribution in [-0.2, 0) is 4.79 Å². The molecule has 1 unspecified atom stereocenters. The molecule has 21 heavy (non-hydrogen) atoms. The van der Waals surface area contributed by atoms with E-state index in [9.17, 15) is 14.7 Å². The molecule has 1 aromatic carbocycles. The Labute approximate surface area is 125 Å². The summed E-state index contributed by atoms with van der Waals surface area (Å²) in [4.78, 5) is 26.0. The van der Waals surface area contributed by atoms with E-state index in [1.54, 1.807) is 0 Å². The average molecular weight is 289 g/mol. The van der Waals surface area contributed by atoms with Crippen molar-refractivity contribution >= 4 is 11.9 Å². The fraction of sp³-hybridized carbons (Fsp3) is 0.529. The van der Waals surface area contributed by atoms with Gasteiger partial charge in [0.05, 0.1) is 0 Å². The van der Waals surface area contributed by atoms with Crippen molar-refractivity contribution in [1.82, 2.24) is 4.90 Å². The van der Waals surface area contributed by atoms with Gasteiger partial charge in [-0.3, -0.25) is 4.79 Å². The van der Waals surface area contributed by atoms with Crippen molar-refractivity contribution in [3.63, 3.8) is 0 Å². The predicted octanol–water partition coefficient (Wildman–Crippen LogP) is 3.02. The van der Waals surface area contributed by atoms with E-state index in [1.807, 2.05) is 45.9 Å². The minimum Gasteiger partial charge on any atom is -0.480 e. The largest absolute Gasteiger partial charge is 0.480 e. The van der Waals surface area contributed by atoms with E-state index in [4.69, 9.17) is 0 Å². The molecule has 4 heteroatoms. The summed E-state index contributed by atoms with van der Waals surface area (Å²) in [5.74, 6) is -1.09. The molecule has 1 fully saturated rings. The Hall–Kier alpha value is -1.84. The van der Waals surface area contributed by atoms with Crippen LogP contribution in [0.5, 0.6) is 0 Å². The lowest BCUT2D eigenvalue weighted by atomic mass is 9.76. The molecule has 1 heterocycles. The second kappa shape index (κ2) is 5.51. The van der Waals surface area contributed by atoms with Crippen molar-refractivity contribution in [2.45, 2.75) is 46.6 Å². The van der Waals surface area contributed by atoms with Gasteiger partial charge in [-0.05, 0) is 43.7 Å². The summed E-state index contributed by atoms with van der Waals surface area (Å²) in [5.41, 5.74) is 2.10. The Kier molecular flexibility index (Phi) is 4.08. The van der Waals surface area contributed by atoms with Crippen LogP contribution in [0.15, 0.2) is 18.2 Å². The lowest BCUT2D eigenvalue weighted by Crippen LogP contribution is -2.56. The van der Waals surface area contributed by atoms with Gasteiger partial charge in [-0.2, -0.15) is 0 Å². The Morgan fingerprint density at radius 1 is 1.29 bits per heavy atom. The molecule has 1 N–H and O–H groups in total. The molecule has 1 aromatic rings. The number of amides is 1. The number of aliphatic carboxylic acids is 1. The summed E-state index contributed by atoms with van der Waals surface area (Å²) >= 11 is 0. The number of carbonyl (C=O) groups excluding carboxylic acids is 1. The van der Waals surface area contributed by atoms with Crippen molar-refractivity contribution in [3.05, 3.63) is 34.9 Å². The third-order valence-corrected chi connectivity index (χ3v) is 4.39. The minimum absolute atomic E-state index is 0.170. The Bertz CT molecular complexity index is 577. The molecule has 2 rings (SSSR count). The Morgan fingerprint density at radius 2 is 1.95 bits per heavy atom. The van der Waals surface area contributed by atoms with E-state index in [2.05, 4.69) is 0 Å². The number of benzene rings is 1. The predicted molar refractivity (Wildman–Crippen MR) is 81.4 cm³/mol. The first-order valence-corrected chi connectivity index (χ1v) is 7.35. The van der Waals surface area contributed by atoms with Crippen LogP contribution in [0.25, 0.3) is 0 Å². The first-order valence-electron chi connectivity index (χ1n) is 7.35. The third kappa shape index (κ3) is 2.94. The summed E-state index contributed by atoms with van der Waals surface area (Å²) in [6.45, 7) is 8.18. The summed E-state index contributed by atoms with van der Waals surface area (Å²) in [5, 5.41) is 9.57. The van der Waals surface area contributed by atoms with E-state index in [-0.39, 0.29) is 5.91 Å². The number of hydrogen-bond acceptors (Lipinski definition) is 2. The van der Waals surface area contributed by atoms with Gasteiger partial charge in [0, 0.05) is 12.1 Å². The van der Waals surface area contributed by atoms with Gasteiger partial charge in [0.2, 0.25) is 0 Å². The zero-order chi connectivity index (χ0) is 15.8. The molecule has 0 radical (unpaired) electrons. The maximum atomic E-state index is 12.8. The van der Waals surface area contributed by atoms with E-state index in [0.717, 1.165) is 24.0 Å². The highest BCUT2D eigenvalue weighted by molar-refractivity contribution is 5.98. The van der Waals surface area contributed by atoms with E-state index < -0.39 is 17.4 Å². The van der Waals surface area contributed by atoms with Crippen molar-refractivity contribution in [2.24, 2.45) is 5.41 Å². The van der Waals surface area contributed by atoms with Crippen LogP contribution in [-0.4, -0.2) is 34.5 Å². The maximum absolute atomic E-state index is 12.8. The molecule has 0 saturated carbocycles. The first kappa shape index (κ1) is 15.5. The van der Waals surface area contributed by atoms with Crippen LogP contribution in [0.1, 0.15) is 48.2 Å². The normalized spacial score (nSPS) is 21.1. The molecule has 1 aliphatic heterocycles. The van der Waals surface area contributed by atoms with Crippen LogP contribution in [0.2, 0.25) is 0 Å². The first-order chi connectivity index (χ1) is 9.74. The van der Waals surface area contributed by atoms with Crippen molar-refractivity contribution in [2.75, 3.05) is 6.54 Å². The highest BCUT2D eigenvalue weighted by Crippen LogP contribution is 2.36. The third-order valence-electron chi connectivity index (χ3n) is 4.39. The van der Waals surface area contributed by atoms with Gasteiger partial charge in [0.15, 0.2) is 0 Å². The zero-order valence-electron chi connectivity index (χ0n) is 13.1. The van der Waals surface area contributed by atoms with Crippen molar-refractivity contribution < 1.29 is 14.7 Å². The lowest BCUT2D eigenvalue weighted by molar-refractivity contribution is -0.148. The monoisotopic (exact) mass is 289 g/mol. The number of nitrogens with zero attached hydrogens (tertiary/aromatic N) is 1. The molecule has 0 aromatic heterocycles. The number of aryl methyl sites for hydroxylation is 2. The number of hydrogen-bond donors (Lipinski definition) is 1. The van der Waals surface area contributed by atoms with Crippen LogP contribution >= 0.6 is 0 Å². The number of carboxylic acids is 1. The van der Waals surface area contributed by atoms with Gasteiger partial charge in [-0.15, -0.1) is 0 Å². The van der Waals surface area contributed by atoms with Crippen LogP contribution in [0.3, 0.4) is 0 Å². The number of likely N-dealkylation sites (tertiary alicyclic amines) is 1. The van der Waals surface area contributed by atoms with Crippen molar-refractivity contribution in [1.29, 1.82) is 0 Å². The topological polar surface area (TPSA) is 57.6 Å². The minimum atomic E-state index is -0.918. The molecule has 1 atom stereocenters. The molecular weight excluding hydrogens is 266 g/mol. The van der Waals surface area contributed by atoms with Crippen molar-refractivity contribution in [3.8, 4) is 0 Å². The summed E-state index contributed by atoms with van der Waals surface area (Å²) in [6.07, 6.45) is 1.66. The van der Waals surface area contributed by atoms with E-state index in [1.165, 1.54) is 4.90 Å². The lowest BCUT2D eigenvalue weighted by Gasteiger charge is -2.44. The fourth-order valence-corrected chi connectivity index (χ4v) is 3.20. The molecule has 1 amide bonds. The molecular formula is C17H23NO3. The van der Waals surface area contributed by atoms with Crippen LogP contribution < -0.4 is 0 Å². The number of piperidine rings is 1. The number of carbonyl (C=O) groups is 2. The van der Waals surface area contributed by atoms with Gasteiger partial charge in [0.25, 0.3) is 5.91 Å². The second-order valence-corrected chi connectivity index (χ2v) is 6.65. The standard InChI is InChI=1S/C17H23NO3/c1-11-6-7-12(2)13(10-11)15(19)18-9-5-8-17(3,4)14(18)16(20)21/h6-7,10,14H,5,8-9H2,1-4H3,(H,20,21). The Balaban J connectivity index is 2.41. The van der Waals surface area contributed by atoms with Gasteiger partial charge in [-0.25, -0.2) is 4.79 Å². The Morgan fingerprint density at radius 3 is 2.57 bits per heavy atom. The quantitative estimate of drug-likeness (QED) is 0.910. The van der Waals surface area contributed by atoms with Crippen LogP contribution in [0, 0.1) is 19.3 Å². The summed E-state index contributed by atoms with van der Waals surface area (Å²) < 4.78 is 0. The van der Waals surface area contributed by atoms with Gasteiger partial charge >= 0.3 is 5.97 Å². The zero-order valence-corrected chi connectivity index (χ0v) is 13.1. The molecule has 1 saturated heterocycles. The van der Waals surface area contributed by atoms with Gasteiger partial charge < -0.3 is 10.0 Å². The van der Waals surface area contributed by atoms with E-state index in [0.29, 0.717) is 12.1 Å². The molecule has 0 aliphatic carbocycles. The maximum Gasteiger partial charge on any atom is 0.326 e. The second-order valence-electron chi connectivity index (χ2n) is 6.65. The smallest absolute Gasteiger partial charge is 0.326 e. The molecule has 1 aliphatic rings. The highest BCUT2D eigenvalue weighted by Gasteiger charge is 2.44. The van der Waals surface area contributed by atoms with Gasteiger partial charge in [0.1, 0.15) is 6.04 Å². The fourth-order valence-electron chi connectivity index (χ4n) is 3.20. The number of carboxylic acid groups (broad SMARTS) is 1.